The standard InChI is InChI=1S/C21H27F3N4O4/c1-25-17-9-18(27-10-14-6-7-15(11-27)32-14)16(8-19(17)28(30)31)20(29)26-13-4-2-12(3-5-13)21(22,23)24/h8-9,12-15,25H,2-7,10-11H2,1H3,(H,26,29). The maximum Gasteiger partial charge on any atom is 0.391 e. The molecule has 8 nitrogen and oxygen atoms in total. The van der Waals surface area contributed by atoms with Crippen molar-refractivity contribution in [2.75, 3.05) is 30.4 Å². The second-order valence-electron chi connectivity index (χ2n) is 8.82. The molecular formula is C21H27F3N4O4. The van der Waals surface area contributed by atoms with E-state index < -0.39 is 29.0 Å². The summed E-state index contributed by atoms with van der Waals surface area (Å²) in [6.45, 7) is 1.16. The van der Waals surface area contributed by atoms with Gasteiger partial charge >= 0.3 is 6.18 Å². The molecule has 1 aromatic rings. The van der Waals surface area contributed by atoms with Crippen molar-refractivity contribution >= 4 is 23.0 Å². The number of carbonyl (C=O) groups is 1. The number of hydrogen-bond donors (Lipinski definition) is 2. The zero-order valence-electron chi connectivity index (χ0n) is 17.8. The van der Waals surface area contributed by atoms with E-state index in [9.17, 15) is 28.1 Å². The molecule has 32 heavy (non-hydrogen) atoms. The van der Waals surface area contributed by atoms with Gasteiger partial charge in [0.1, 0.15) is 5.69 Å². The highest BCUT2D eigenvalue weighted by atomic mass is 19.4. The molecule has 1 saturated carbocycles. The van der Waals surface area contributed by atoms with Crippen LogP contribution in [0.4, 0.5) is 30.2 Å². The van der Waals surface area contributed by atoms with E-state index in [1.165, 1.54) is 6.07 Å². The van der Waals surface area contributed by atoms with Gasteiger partial charge in [0.05, 0.1) is 34.3 Å². The summed E-state index contributed by atoms with van der Waals surface area (Å²) < 4.78 is 44.7. The van der Waals surface area contributed by atoms with Crippen LogP contribution in [0.25, 0.3) is 0 Å². The van der Waals surface area contributed by atoms with Gasteiger partial charge in [-0.2, -0.15) is 13.2 Å². The van der Waals surface area contributed by atoms with E-state index in [0.29, 0.717) is 24.5 Å². The third-order valence-corrected chi connectivity index (χ3v) is 6.73. The number of morpholine rings is 1. The Morgan fingerprint density at radius 1 is 1.12 bits per heavy atom. The van der Waals surface area contributed by atoms with Crippen LogP contribution in [-0.2, 0) is 4.74 Å². The summed E-state index contributed by atoms with van der Waals surface area (Å²) in [5.41, 5.74) is 0.807. The average molecular weight is 456 g/mol. The summed E-state index contributed by atoms with van der Waals surface area (Å²) in [5, 5.41) is 17.2. The number of ether oxygens (including phenoxy) is 1. The Kier molecular flexibility index (Phi) is 6.19. The van der Waals surface area contributed by atoms with Crippen LogP contribution in [0.1, 0.15) is 48.9 Å². The van der Waals surface area contributed by atoms with E-state index in [0.717, 1.165) is 12.8 Å². The van der Waals surface area contributed by atoms with Crippen molar-refractivity contribution in [2.24, 2.45) is 5.92 Å². The summed E-state index contributed by atoms with van der Waals surface area (Å²) in [5.74, 6) is -1.84. The molecule has 2 aliphatic heterocycles. The molecule has 2 unspecified atom stereocenters. The smallest absolute Gasteiger partial charge is 0.383 e. The highest BCUT2D eigenvalue weighted by molar-refractivity contribution is 6.02. The number of benzene rings is 1. The van der Waals surface area contributed by atoms with Crippen molar-refractivity contribution in [3.05, 3.63) is 27.8 Å². The van der Waals surface area contributed by atoms with E-state index >= 15 is 0 Å². The minimum atomic E-state index is -4.22. The number of fused-ring (bicyclic) bond motifs is 2. The first-order valence-corrected chi connectivity index (χ1v) is 10.9. The van der Waals surface area contributed by atoms with Crippen LogP contribution in [0.2, 0.25) is 0 Å². The minimum absolute atomic E-state index is 0.0348. The quantitative estimate of drug-likeness (QED) is 0.516. The van der Waals surface area contributed by atoms with Crippen molar-refractivity contribution in [1.29, 1.82) is 0 Å². The van der Waals surface area contributed by atoms with Gasteiger partial charge in [-0.25, -0.2) is 0 Å². The normalized spacial score (nSPS) is 27.8. The fraction of sp³-hybridized carbons (Fsp3) is 0.667. The van der Waals surface area contributed by atoms with Crippen LogP contribution in [0.15, 0.2) is 12.1 Å². The third kappa shape index (κ3) is 4.62. The van der Waals surface area contributed by atoms with Gasteiger partial charge in [-0.1, -0.05) is 0 Å². The Bertz CT molecular complexity index is 875. The summed E-state index contributed by atoms with van der Waals surface area (Å²) >= 11 is 0. The summed E-state index contributed by atoms with van der Waals surface area (Å²) in [7, 11) is 1.58. The minimum Gasteiger partial charge on any atom is -0.383 e. The molecule has 0 radical (unpaired) electrons. The predicted molar refractivity (Wildman–Crippen MR) is 112 cm³/mol. The van der Waals surface area contributed by atoms with E-state index in [-0.39, 0.29) is 49.1 Å². The molecule has 2 saturated heterocycles. The number of anilines is 2. The lowest BCUT2D eigenvalue weighted by molar-refractivity contribution is -0.384. The van der Waals surface area contributed by atoms with Crippen molar-refractivity contribution < 1.29 is 27.6 Å². The Morgan fingerprint density at radius 3 is 2.28 bits per heavy atom. The maximum atomic E-state index is 13.2. The molecule has 3 fully saturated rings. The lowest BCUT2D eigenvalue weighted by Crippen LogP contribution is -2.44. The molecule has 4 rings (SSSR count). The first kappa shape index (κ1) is 22.6. The second-order valence-corrected chi connectivity index (χ2v) is 8.82. The van der Waals surface area contributed by atoms with Crippen molar-refractivity contribution in [3.63, 3.8) is 0 Å². The van der Waals surface area contributed by atoms with Gasteiger partial charge in [-0.3, -0.25) is 14.9 Å². The Morgan fingerprint density at radius 2 is 1.75 bits per heavy atom. The highest BCUT2D eigenvalue weighted by Crippen LogP contribution is 2.39. The molecule has 2 heterocycles. The monoisotopic (exact) mass is 456 g/mol. The number of amides is 1. The van der Waals surface area contributed by atoms with Gasteiger partial charge in [0.15, 0.2) is 0 Å². The Labute approximate surface area is 183 Å². The number of alkyl halides is 3. The van der Waals surface area contributed by atoms with Gasteiger partial charge in [-0.05, 0) is 44.6 Å². The SMILES string of the molecule is CNc1cc(N2CC3CCC(C2)O3)c(C(=O)NC2CCC(C(F)(F)F)CC2)cc1[N+](=O)[O-]. The van der Waals surface area contributed by atoms with Crippen LogP contribution in [0.3, 0.4) is 0 Å². The fourth-order valence-electron chi connectivity index (χ4n) is 5.01. The number of nitrogens with one attached hydrogen (secondary N) is 2. The Hall–Kier alpha value is -2.56. The number of nitro groups is 1. The molecule has 2 bridgehead atoms. The number of halogens is 3. The van der Waals surface area contributed by atoms with E-state index in [1.807, 2.05) is 4.90 Å². The van der Waals surface area contributed by atoms with Gasteiger partial charge < -0.3 is 20.3 Å². The average Bonchev–Trinajstić information content (AvgIpc) is 3.09. The van der Waals surface area contributed by atoms with E-state index in [4.69, 9.17) is 4.74 Å². The van der Waals surface area contributed by atoms with Gasteiger partial charge in [0.2, 0.25) is 0 Å². The summed E-state index contributed by atoms with van der Waals surface area (Å²) in [6, 6.07) is 2.48. The Balaban J connectivity index is 1.58. The molecule has 1 aromatic carbocycles. The summed E-state index contributed by atoms with van der Waals surface area (Å²) in [4.78, 5) is 26.2. The first-order chi connectivity index (χ1) is 15.2. The molecule has 176 valence electrons. The lowest BCUT2D eigenvalue weighted by Gasteiger charge is -2.35. The van der Waals surface area contributed by atoms with Crippen molar-refractivity contribution in [2.45, 2.75) is 63.0 Å². The number of nitrogens with zero attached hydrogens (tertiary/aromatic N) is 2. The molecule has 0 spiro atoms. The molecular weight excluding hydrogens is 429 g/mol. The first-order valence-electron chi connectivity index (χ1n) is 10.9. The third-order valence-electron chi connectivity index (χ3n) is 6.73. The number of rotatable bonds is 5. The molecule has 2 atom stereocenters. The number of hydrogen-bond acceptors (Lipinski definition) is 6. The molecule has 2 N–H and O–H groups in total. The molecule has 3 aliphatic rings. The molecule has 11 heteroatoms. The van der Waals surface area contributed by atoms with Gasteiger partial charge in [0.25, 0.3) is 11.6 Å². The van der Waals surface area contributed by atoms with Crippen LogP contribution in [-0.4, -0.2) is 55.4 Å². The highest BCUT2D eigenvalue weighted by Gasteiger charge is 2.42. The largest absolute Gasteiger partial charge is 0.391 e. The zero-order chi connectivity index (χ0) is 23.0. The van der Waals surface area contributed by atoms with Gasteiger partial charge in [-0.15, -0.1) is 0 Å². The summed E-state index contributed by atoms with van der Waals surface area (Å²) in [6.07, 6.45) is -1.88. The second kappa shape index (κ2) is 8.76. The van der Waals surface area contributed by atoms with E-state index in [2.05, 4.69) is 10.6 Å². The van der Waals surface area contributed by atoms with Crippen LogP contribution in [0.5, 0.6) is 0 Å². The van der Waals surface area contributed by atoms with Crippen molar-refractivity contribution in [1.82, 2.24) is 5.32 Å². The van der Waals surface area contributed by atoms with Crippen LogP contribution >= 0.6 is 0 Å². The lowest BCUT2D eigenvalue weighted by atomic mass is 9.85. The topological polar surface area (TPSA) is 96.7 Å². The zero-order valence-corrected chi connectivity index (χ0v) is 17.8. The van der Waals surface area contributed by atoms with E-state index in [1.54, 1.807) is 13.1 Å². The number of carbonyl (C=O) groups excluding carboxylic acids is 1. The van der Waals surface area contributed by atoms with Crippen LogP contribution < -0.4 is 15.5 Å². The fourth-order valence-corrected chi connectivity index (χ4v) is 5.01. The molecule has 1 aliphatic carbocycles. The van der Waals surface area contributed by atoms with Gasteiger partial charge in [0, 0.05) is 32.2 Å². The molecule has 1 amide bonds. The predicted octanol–water partition coefficient (Wildman–Crippen LogP) is 3.86. The van der Waals surface area contributed by atoms with Crippen LogP contribution in [0, 0.1) is 16.0 Å². The number of nitro benzene ring substituents is 1. The van der Waals surface area contributed by atoms with Crippen molar-refractivity contribution in [3.8, 4) is 0 Å². The molecule has 0 aromatic heterocycles. The maximum absolute atomic E-state index is 13.2.